The van der Waals surface area contributed by atoms with Crippen LogP contribution in [0.15, 0.2) is 0 Å². The van der Waals surface area contributed by atoms with Gasteiger partial charge in [-0.05, 0) is 25.2 Å². The zero-order valence-corrected chi connectivity index (χ0v) is 5.68. The van der Waals surface area contributed by atoms with Crippen molar-refractivity contribution < 1.29 is 4.74 Å². The predicted molar refractivity (Wildman–Crippen MR) is 36.4 cm³/mol. The van der Waals surface area contributed by atoms with Crippen LogP contribution < -0.4 is 0 Å². The Morgan fingerprint density at radius 2 is 2.56 bits per heavy atom. The van der Waals surface area contributed by atoms with Gasteiger partial charge in [-0.1, -0.05) is 5.92 Å². The lowest BCUT2D eigenvalue weighted by molar-refractivity contribution is 0.371. The van der Waals surface area contributed by atoms with E-state index in [1.54, 1.807) is 7.11 Å². The standard InChI is InChI=1S/C8H11O/c1-9-7-3-2-4-8-5-6-8/h5,8H,2,4,6H2,1H3. The summed E-state index contributed by atoms with van der Waals surface area (Å²) < 4.78 is 4.57. The molecule has 9 heavy (non-hydrogen) atoms. The second-order valence-electron chi connectivity index (χ2n) is 2.25. The van der Waals surface area contributed by atoms with Crippen molar-refractivity contribution in [3.8, 4) is 12.0 Å². The van der Waals surface area contributed by atoms with Crippen molar-refractivity contribution in [1.82, 2.24) is 0 Å². The summed E-state index contributed by atoms with van der Waals surface area (Å²) in [6, 6.07) is 0. The largest absolute Gasteiger partial charge is 0.450 e. The molecule has 1 nitrogen and oxygen atoms in total. The molecule has 1 aliphatic rings. The third-order valence-corrected chi connectivity index (χ3v) is 1.38. The fourth-order valence-electron chi connectivity index (χ4n) is 0.713. The molecule has 0 aromatic carbocycles. The molecule has 1 unspecified atom stereocenters. The molecule has 0 bridgehead atoms. The maximum absolute atomic E-state index is 4.57. The number of ether oxygens (including phenoxy) is 1. The Kier molecular flexibility index (Phi) is 2.45. The fraction of sp³-hybridized carbons (Fsp3) is 0.625. The van der Waals surface area contributed by atoms with Crippen molar-refractivity contribution in [3.63, 3.8) is 0 Å². The minimum atomic E-state index is 0.871. The summed E-state index contributed by atoms with van der Waals surface area (Å²) >= 11 is 0. The Morgan fingerprint density at radius 1 is 1.78 bits per heavy atom. The summed E-state index contributed by atoms with van der Waals surface area (Å²) in [6.07, 6.45) is 8.38. The molecule has 0 aromatic rings. The fourth-order valence-corrected chi connectivity index (χ4v) is 0.713. The van der Waals surface area contributed by atoms with E-state index in [-0.39, 0.29) is 0 Å². The van der Waals surface area contributed by atoms with Crippen LogP contribution in [0.1, 0.15) is 19.3 Å². The van der Waals surface area contributed by atoms with E-state index in [1.807, 2.05) is 0 Å². The average molecular weight is 123 g/mol. The minimum absolute atomic E-state index is 0.871. The van der Waals surface area contributed by atoms with E-state index in [4.69, 9.17) is 0 Å². The van der Waals surface area contributed by atoms with Gasteiger partial charge in [0.1, 0.15) is 6.11 Å². The van der Waals surface area contributed by atoms with Crippen molar-refractivity contribution in [2.24, 2.45) is 5.92 Å². The molecule has 1 fully saturated rings. The molecule has 0 saturated heterocycles. The Labute approximate surface area is 56.4 Å². The van der Waals surface area contributed by atoms with Gasteiger partial charge < -0.3 is 4.74 Å². The molecule has 0 N–H and O–H groups in total. The third-order valence-electron chi connectivity index (χ3n) is 1.38. The number of hydrogen-bond donors (Lipinski definition) is 0. The normalized spacial score (nSPS) is 16.1. The van der Waals surface area contributed by atoms with Crippen LogP contribution in [0.5, 0.6) is 0 Å². The maximum Gasteiger partial charge on any atom is 0.109 e. The van der Waals surface area contributed by atoms with Gasteiger partial charge >= 0.3 is 0 Å². The van der Waals surface area contributed by atoms with E-state index in [9.17, 15) is 0 Å². The van der Waals surface area contributed by atoms with Crippen LogP contribution in [-0.4, -0.2) is 7.11 Å². The van der Waals surface area contributed by atoms with Gasteiger partial charge in [0.05, 0.1) is 7.11 Å². The van der Waals surface area contributed by atoms with Crippen LogP contribution in [0.2, 0.25) is 0 Å². The molecule has 1 aliphatic carbocycles. The first-order chi connectivity index (χ1) is 4.43. The molecule has 0 aromatic heterocycles. The highest BCUT2D eigenvalue weighted by atomic mass is 16.5. The molecule has 0 spiro atoms. The second kappa shape index (κ2) is 3.40. The summed E-state index contributed by atoms with van der Waals surface area (Å²) in [5.41, 5.74) is 0. The van der Waals surface area contributed by atoms with E-state index < -0.39 is 0 Å². The quantitative estimate of drug-likeness (QED) is 0.507. The smallest absolute Gasteiger partial charge is 0.109 e. The number of hydrogen-bond acceptors (Lipinski definition) is 1. The summed E-state index contributed by atoms with van der Waals surface area (Å²) in [5.74, 6) is 3.79. The minimum Gasteiger partial charge on any atom is -0.450 e. The summed E-state index contributed by atoms with van der Waals surface area (Å²) in [4.78, 5) is 0. The van der Waals surface area contributed by atoms with Crippen LogP contribution in [0.25, 0.3) is 0 Å². The molecule has 1 atom stereocenters. The highest BCUT2D eigenvalue weighted by Crippen LogP contribution is 2.31. The second-order valence-corrected chi connectivity index (χ2v) is 2.25. The molecule has 1 saturated carbocycles. The molecule has 0 heterocycles. The van der Waals surface area contributed by atoms with Crippen molar-refractivity contribution in [3.05, 3.63) is 6.42 Å². The summed E-state index contributed by atoms with van der Waals surface area (Å²) in [6.45, 7) is 0. The SMILES string of the molecule is COC#CCCC1[CH]C1. The Hall–Kier alpha value is -0.640. The molecule has 1 radical (unpaired) electrons. The molecular formula is C8H11O. The van der Waals surface area contributed by atoms with E-state index in [0.717, 1.165) is 12.3 Å². The van der Waals surface area contributed by atoms with Gasteiger partial charge in [0, 0.05) is 6.42 Å². The first-order valence-corrected chi connectivity index (χ1v) is 3.27. The molecule has 0 aliphatic heterocycles. The molecule has 0 amide bonds. The summed E-state index contributed by atoms with van der Waals surface area (Å²) in [7, 11) is 1.59. The highest BCUT2D eigenvalue weighted by molar-refractivity contribution is 4.99. The van der Waals surface area contributed by atoms with Crippen molar-refractivity contribution >= 4 is 0 Å². The zero-order chi connectivity index (χ0) is 6.53. The Bertz CT molecular complexity index is 125. The van der Waals surface area contributed by atoms with Gasteiger partial charge in [-0.15, -0.1) is 0 Å². The Morgan fingerprint density at radius 3 is 3.11 bits per heavy atom. The monoisotopic (exact) mass is 123 g/mol. The van der Waals surface area contributed by atoms with Gasteiger partial charge in [0.15, 0.2) is 0 Å². The van der Waals surface area contributed by atoms with Crippen molar-refractivity contribution in [2.75, 3.05) is 7.11 Å². The topological polar surface area (TPSA) is 9.23 Å². The summed E-state index contributed by atoms with van der Waals surface area (Å²) in [5, 5.41) is 0. The van der Waals surface area contributed by atoms with E-state index in [0.29, 0.717) is 0 Å². The van der Waals surface area contributed by atoms with E-state index >= 15 is 0 Å². The first kappa shape index (κ1) is 6.48. The predicted octanol–water partition coefficient (Wildman–Crippen LogP) is 1.60. The van der Waals surface area contributed by atoms with Crippen molar-refractivity contribution in [1.29, 1.82) is 0 Å². The zero-order valence-electron chi connectivity index (χ0n) is 5.68. The van der Waals surface area contributed by atoms with Crippen LogP contribution >= 0.6 is 0 Å². The van der Waals surface area contributed by atoms with Crippen molar-refractivity contribution in [2.45, 2.75) is 19.3 Å². The van der Waals surface area contributed by atoms with Crippen LogP contribution in [0, 0.1) is 24.4 Å². The van der Waals surface area contributed by atoms with Crippen LogP contribution in [0.4, 0.5) is 0 Å². The van der Waals surface area contributed by atoms with Gasteiger partial charge in [-0.2, -0.15) is 0 Å². The van der Waals surface area contributed by atoms with Gasteiger partial charge in [0.2, 0.25) is 0 Å². The molecular weight excluding hydrogens is 112 g/mol. The number of rotatable bonds is 2. The lowest BCUT2D eigenvalue weighted by Gasteiger charge is -1.84. The van der Waals surface area contributed by atoms with E-state index in [2.05, 4.69) is 23.2 Å². The molecule has 1 rings (SSSR count). The third kappa shape index (κ3) is 3.03. The van der Waals surface area contributed by atoms with Crippen LogP contribution in [-0.2, 0) is 4.74 Å². The van der Waals surface area contributed by atoms with Crippen LogP contribution in [0.3, 0.4) is 0 Å². The van der Waals surface area contributed by atoms with Gasteiger partial charge in [-0.3, -0.25) is 0 Å². The molecule has 49 valence electrons. The lowest BCUT2D eigenvalue weighted by atomic mass is 10.2. The maximum atomic E-state index is 4.57. The first-order valence-electron chi connectivity index (χ1n) is 3.27. The van der Waals surface area contributed by atoms with Gasteiger partial charge in [-0.25, -0.2) is 0 Å². The average Bonchev–Trinajstić information content (AvgIpc) is 2.63. The Balaban J connectivity index is 1.91. The van der Waals surface area contributed by atoms with Gasteiger partial charge in [0.25, 0.3) is 0 Å². The number of methoxy groups -OCH3 is 1. The highest BCUT2D eigenvalue weighted by Gasteiger charge is 2.20. The molecule has 1 heteroatoms. The van der Waals surface area contributed by atoms with E-state index in [1.165, 1.54) is 12.8 Å². The lowest BCUT2D eigenvalue weighted by Crippen LogP contribution is -1.73.